The summed E-state index contributed by atoms with van der Waals surface area (Å²) in [6.45, 7) is 12.5. The molecule has 2 atom stereocenters. The van der Waals surface area contributed by atoms with E-state index < -0.39 is 11.7 Å². The van der Waals surface area contributed by atoms with E-state index >= 15 is 0 Å². The van der Waals surface area contributed by atoms with E-state index in [1.807, 2.05) is 94.4 Å². The number of piperazine rings is 1. The van der Waals surface area contributed by atoms with Gasteiger partial charge in [0.25, 0.3) is 5.91 Å². The number of nitrogens with zero attached hydrogens (tertiary/aromatic N) is 4. The molecule has 3 aromatic rings. The standard InChI is InChI=1S/C37H47N5O6/c1-6-28-24-41(36(45)48-37(3,4)5)21-22-42(28)31-18-17-30(29-15-11-12-16-32(29)46-7-2)39-33(31)34(43)38-27-19-20-40(23-27)35(44)47-25-26-13-9-8-10-14-26/h8-18,27-28H,6-7,19-25H2,1-5H3,(H,38,43)/t27-,28-/m1/s1. The van der Waals surface area contributed by atoms with Crippen LogP contribution in [-0.2, 0) is 16.1 Å². The van der Waals surface area contributed by atoms with Crippen molar-refractivity contribution in [2.45, 2.75) is 71.8 Å². The summed E-state index contributed by atoms with van der Waals surface area (Å²) in [7, 11) is 0. The van der Waals surface area contributed by atoms with Gasteiger partial charge >= 0.3 is 12.2 Å². The second-order valence-electron chi connectivity index (χ2n) is 13.1. The second-order valence-corrected chi connectivity index (χ2v) is 13.1. The Morgan fingerprint density at radius 2 is 1.60 bits per heavy atom. The molecule has 0 radical (unpaired) electrons. The number of pyridine rings is 1. The second kappa shape index (κ2) is 15.4. The molecule has 5 rings (SSSR count). The molecule has 3 amide bonds. The van der Waals surface area contributed by atoms with Gasteiger partial charge in [-0.1, -0.05) is 49.4 Å². The van der Waals surface area contributed by atoms with Crippen molar-refractivity contribution in [1.82, 2.24) is 20.1 Å². The van der Waals surface area contributed by atoms with Crippen molar-refractivity contribution in [3.63, 3.8) is 0 Å². The maximum Gasteiger partial charge on any atom is 0.410 e. The average Bonchev–Trinajstić information content (AvgIpc) is 3.55. The van der Waals surface area contributed by atoms with Crippen LogP contribution >= 0.6 is 0 Å². The number of para-hydroxylation sites is 1. The molecule has 2 aliphatic rings. The lowest BCUT2D eigenvalue weighted by molar-refractivity contribution is 0.0213. The van der Waals surface area contributed by atoms with Crippen molar-refractivity contribution in [3.8, 4) is 17.0 Å². The Hall–Kier alpha value is -4.80. The molecule has 2 aliphatic heterocycles. The molecule has 2 aromatic carbocycles. The number of carbonyl (C=O) groups is 3. The fourth-order valence-electron chi connectivity index (χ4n) is 6.08. The van der Waals surface area contributed by atoms with E-state index in [0.29, 0.717) is 62.9 Å². The number of rotatable bonds is 9. The van der Waals surface area contributed by atoms with Crippen LogP contribution in [0.15, 0.2) is 66.7 Å². The molecule has 48 heavy (non-hydrogen) atoms. The molecule has 1 aromatic heterocycles. The van der Waals surface area contributed by atoms with Gasteiger partial charge < -0.3 is 34.2 Å². The molecule has 0 saturated carbocycles. The van der Waals surface area contributed by atoms with Crippen molar-refractivity contribution in [1.29, 1.82) is 0 Å². The van der Waals surface area contributed by atoms with E-state index in [-0.39, 0.29) is 36.4 Å². The third-order valence-corrected chi connectivity index (χ3v) is 8.45. The third kappa shape index (κ3) is 8.56. The van der Waals surface area contributed by atoms with E-state index in [1.54, 1.807) is 9.80 Å². The van der Waals surface area contributed by atoms with Crippen molar-refractivity contribution < 1.29 is 28.6 Å². The lowest BCUT2D eigenvalue weighted by Gasteiger charge is -2.43. The van der Waals surface area contributed by atoms with Gasteiger partial charge in [0.15, 0.2) is 5.69 Å². The summed E-state index contributed by atoms with van der Waals surface area (Å²) >= 11 is 0. The van der Waals surface area contributed by atoms with Crippen molar-refractivity contribution in [2.24, 2.45) is 0 Å². The van der Waals surface area contributed by atoms with Gasteiger partial charge in [-0.05, 0) is 70.4 Å². The fourth-order valence-corrected chi connectivity index (χ4v) is 6.08. The molecule has 0 spiro atoms. The SMILES string of the molecule is CCOc1ccccc1-c1ccc(N2CCN(C(=O)OC(C)(C)C)C[C@H]2CC)c(C(=O)N[C@@H]2CCN(C(=O)OCc3ccccc3)C2)n1. The number of hydrogen-bond acceptors (Lipinski definition) is 8. The van der Waals surface area contributed by atoms with Crippen LogP contribution in [0.2, 0.25) is 0 Å². The number of amides is 3. The number of aromatic nitrogens is 1. The van der Waals surface area contributed by atoms with Gasteiger partial charge in [0.05, 0.1) is 18.0 Å². The Bertz CT molecular complexity index is 1580. The van der Waals surface area contributed by atoms with Crippen molar-refractivity contribution in [3.05, 3.63) is 78.0 Å². The predicted octanol–water partition coefficient (Wildman–Crippen LogP) is 6.12. The Morgan fingerprint density at radius 1 is 0.875 bits per heavy atom. The minimum atomic E-state index is -0.590. The number of anilines is 1. The van der Waals surface area contributed by atoms with Gasteiger partial charge in [0.2, 0.25) is 0 Å². The van der Waals surface area contributed by atoms with Gasteiger partial charge in [-0.25, -0.2) is 14.6 Å². The Balaban J connectivity index is 1.36. The van der Waals surface area contributed by atoms with Crippen molar-refractivity contribution >= 4 is 23.8 Å². The molecule has 11 heteroatoms. The molecule has 0 unspecified atom stereocenters. The van der Waals surface area contributed by atoms with Crippen LogP contribution in [0.5, 0.6) is 5.75 Å². The molecule has 3 heterocycles. The third-order valence-electron chi connectivity index (χ3n) is 8.45. The zero-order chi connectivity index (χ0) is 34.3. The summed E-state index contributed by atoms with van der Waals surface area (Å²) in [5, 5.41) is 3.14. The highest BCUT2D eigenvalue weighted by molar-refractivity contribution is 5.99. The minimum absolute atomic E-state index is 0.0532. The summed E-state index contributed by atoms with van der Waals surface area (Å²) in [6.07, 6.45) is 0.601. The summed E-state index contributed by atoms with van der Waals surface area (Å²) in [4.78, 5) is 50.3. The molecule has 2 fully saturated rings. The van der Waals surface area contributed by atoms with Crippen LogP contribution in [0.1, 0.15) is 63.5 Å². The molecule has 11 nitrogen and oxygen atoms in total. The predicted molar refractivity (Wildman–Crippen MR) is 184 cm³/mol. The highest BCUT2D eigenvalue weighted by Gasteiger charge is 2.35. The number of likely N-dealkylation sites (tertiary alicyclic amines) is 1. The van der Waals surface area contributed by atoms with E-state index in [0.717, 1.165) is 17.5 Å². The van der Waals surface area contributed by atoms with Gasteiger partial charge in [0.1, 0.15) is 18.0 Å². The molecule has 0 aliphatic carbocycles. The van der Waals surface area contributed by atoms with Gasteiger partial charge in [-0.3, -0.25) is 4.79 Å². The number of nitrogens with one attached hydrogen (secondary N) is 1. The fraction of sp³-hybridized carbons (Fsp3) is 0.459. The van der Waals surface area contributed by atoms with Gasteiger partial charge in [-0.2, -0.15) is 0 Å². The minimum Gasteiger partial charge on any atom is -0.493 e. The Morgan fingerprint density at radius 3 is 2.33 bits per heavy atom. The first-order valence-corrected chi connectivity index (χ1v) is 16.8. The largest absolute Gasteiger partial charge is 0.493 e. The molecular formula is C37H47N5O6. The highest BCUT2D eigenvalue weighted by Crippen LogP contribution is 2.33. The van der Waals surface area contributed by atoms with Crippen LogP contribution < -0.4 is 15.0 Å². The maximum atomic E-state index is 14.1. The number of ether oxygens (including phenoxy) is 3. The van der Waals surface area contributed by atoms with E-state index in [9.17, 15) is 14.4 Å². The summed E-state index contributed by atoms with van der Waals surface area (Å²) in [6, 6.07) is 20.7. The maximum absolute atomic E-state index is 14.1. The zero-order valence-corrected chi connectivity index (χ0v) is 28.6. The average molecular weight is 658 g/mol. The first-order valence-electron chi connectivity index (χ1n) is 16.8. The topological polar surface area (TPSA) is 114 Å². The van der Waals surface area contributed by atoms with E-state index in [4.69, 9.17) is 19.2 Å². The number of benzene rings is 2. The van der Waals surface area contributed by atoms with Crippen LogP contribution in [0.25, 0.3) is 11.3 Å². The monoisotopic (exact) mass is 657 g/mol. The van der Waals surface area contributed by atoms with E-state index in [2.05, 4.69) is 17.1 Å². The summed E-state index contributed by atoms with van der Waals surface area (Å²) in [5.74, 6) is 0.360. The normalized spacial score (nSPS) is 18.0. The number of hydrogen-bond donors (Lipinski definition) is 1. The summed E-state index contributed by atoms with van der Waals surface area (Å²) < 4.78 is 17.1. The molecule has 1 N–H and O–H groups in total. The van der Waals surface area contributed by atoms with Crippen LogP contribution in [0, 0.1) is 0 Å². The Kier molecular flexibility index (Phi) is 11.1. The Labute approximate surface area is 283 Å². The highest BCUT2D eigenvalue weighted by atomic mass is 16.6. The quantitative estimate of drug-likeness (QED) is 0.293. The van der Waals surface area contributed by atoms with Crippen LogP contribution in [-0.4, -0.2) is 89.9 Å². The smallest absolute Gasteiger partial charge is 0.410 e. The lowest BCUT2D eigenvalue weighted by Crippen LogP contribution is -2.56. The molecule has 2 saturated heterocycles. The molecule has 0 bridgehead atoms. The van der Waals surface area contributed by atoms with Crippen molar-refractivity contribution in [2.75, 3.05) is 44.2 Å². The first-order chi connectivity index (χ1) is 23.1. The van der Waals surface area contributed by atoms with E-state index in [1.165, 1.54) is 0 Å². The number of carbonyl (C=O) groups excluding carboxylic acids is 3. The van der Waals surface area contributed by atoms with Gasteiger partial charge in [0, 0.05) is 50.4 Å². The zero-order valence-electron chi connectivity index (χ0n) is 28.6. The van der Waals surface area contributed by atoms with Gasteiger partial charge in [-0.15, -0.1) is 0 Å². The van der Waals surface area contributed by atoms with Crippen LogP contribution in [0.3, 0.4) is 0 Å². The summed E-state index contributed by atoms with van der Waals surface area (Å²) in [5.41, 5.74) is 2.70. The molecular weight excluding hydrogens is 610 g/mol. The first kappa shape index (κ1) is 34.5. The van der Waals surface area contributed by atoms with Crippen LogP contribution in [0.4, 0.5) is 15.3 Å². The molecule has 256 valence electrons. The lowest BCUT2D eigenvalue weighted by atomic mass is 10.0.